The summed E-state index contributed by atoms with van der Waals surface area (Å²) < 4.78 is 20.2. The van der Waals surface area contributed by atoms with E-state index >= 15 is 0 Å². The molecule has 1 aliphatic rings. The highest BCUT2D eigenvalue weighted by atomic mass is 19.1. The van der Waals surface area contributed by atoms with Crippen molar-refractivity contribution in [1.29, 1.82) is 0 Å². The molecule has 1 N–H and O–H groups in total. The van der Waals surface area contributed by atoms with E-state index in [-0.39, 0.29) is 24.1 Å². The molecule has 0 radical (unpaired) electrons. The van der Waals surface area contributed by atoms with E-state index in [1.807, 2.05) is 13.8 Å². The van der Waals surface area contributed by atoms with Crippen LogP contribution in [0.3, 0.4) is 0 Å². The van der Waals surface area contributed by atoms with Crippen molar-refractivity contribution in [3.8, 4) is 5.69 Å². The third-order valence-corrected chi connectivity index (χ3v) is 5.60. The number of esters is 1. The number of amides is 1. The maximum Gasteiger partial charge on any atom is 0.331 e. The number of nitrogens with one attached hydrogen (secondary N) is 1. The lowest BCUT2D eigenvalue weighted by atomic mass is 9.81. The van der Waals surface area contributed by atoms with Crippen molar-refractivity contribution in [2.24, 2.45) is 0 Å². The maximum absolute atomic E-state index is 13.2. The largest absolute Gasteiger partial charge is 0.464 e. The summed E-state index contributed by atoms with van der Waals surface area (Å²) >= 11 is 0. The van der Waals surface area contributed by atoms with Gasteiger partial charge in [-0.3, -0.25) is 4.79 Å². The number of halogens is 1. The summed E-state index contributed by atoms with van der Waals surface area (Å²) in [6.07, 6.45) is 4.16. The first-order valence-corrected chi connectivity index (χ1v) is 10.2. The molecule has 1 aliphatic carbocycles. The first kappa shape index (κ1) is 21.0. The van der Waals surface area contributed by atoms with Gasteiger partial charge in [0.25, 0.3) is 0 Å². The monoisotopic (exact) mass is 401 g/mol. The molecule has 0 spiro atoms. The standard InChI is InChI=1S/C22H28FN3O3/c1-4-29-21(28)22(12-6-5-7-13-22)24-20(27)14-19-15(2)25-26(16(19)3)18-10-8-17(23)9-11-18/h8-11H,4-7,12-14H2,1-3H3,(H,24,27). The van der Waals surface area contributed by atoms with Crippen molar-refractivity contribution in [2.75, 3.05) is 6.61 Å². The molecule has 1 amide bonds. The molecule has 1 heterocycles. The summed E-state index contributed by atoms with van der Waals surface area (Å²) in [5.41, 5.74) is 2.16. The van der Waals surface area contributed by atoms with E-state index in [0.29, 0.717) is 19.4 Å². The van der Waals surface area contributed by atoms with Gasteiger partial charge in [-0.2, -0.15) is 5.10 Å². The van der Waals surface area contributed by atoms with Crippen LogP contribution < -0.4 is 5.32 Å². The number of aryl methyl sites for hydroxylation is 1. The Balaban J connectivity index is 1.79. The Kier molecular flexibility index (Phi) is 6.35. The van der Waals surface area contributed by atoms with Gasteiger partial charge in [-0.1, -0.05) is 19.3 Å². The maximum atomic E-state index is 13.2. The number of aromatic nitrogens is 2. The highest BCUT2D eigenvalue weighted by Crippen LogP contribution is 2.30. The molecule has 0 saturated heterocycles. The molecular weight excluding hydrogens is 373 g/mol. The van der Waals surface area contributed by atoms with Crippen molar-refractivity contribution >= 4 is 11.9 Å². The molecule has 0 atom stereocenters. The summed E-state index contributed by atoms with van der Waals surface area (Å²) in [6.45, 7) is 5.79. The van der Waals surface area contributed by atoms with Gasteiger partial charge in [0.1, 0.15) is 11.4 Å². The minimum absolute atomic E-state index is 0.125. The third-order valence-electron chi connectivity index (χ3n) is 5.60. The van der Waals surface area contributed by atoms with Gasteiger partial charge < -0.3 is 10.1 Å². The predicted octanol–water partition coefficient (Wildman–Crippen LogP) is 3.55. The fourth-order valence-electron chi connectivity index (χ4n) is 4.04. The van der Waals surface area contributed by atoms with Crippen LogP contribution in [0.25, 0.3) is 5.69 Å². The van der Waals surface area contributed by atoms with Crippen molar-refractivity contribution in [1.82, 2.24) is 15.1 Å². The van der Waals surface area contributed by atoms with E-state index in [2.05, 4.69) is 10.4 Å². The number of carbonyl (C=O) groups is 2. The SMILES string of the molecule is CCOC(=O)C1(NC(=O)Cc2c(C)nn(-c3ccc(F)cc3)c2C)CCCCC1. The van der Waals surface area contributed by atoms with Crippen molar-refractivity contribution in [3.63, 3.8) is 0 Å². The molecule has 0 bridgehead atoms. The van der Waals surface area contributed by atoms with E-state index < -0.39 is 5.54 Å². The van der Waals surface area contributed by atoms with Crippen LogP contribution in [-0.2, 0) is 20.7 Å². The topological polar surface area (TPSA) is 73.2 Å². The van der Waals surface area contributed by atoms with E-state index in [0.717, 1.165) is 41.9 Å². The van der Waals surface area contributed by atoms with Crippen LogP contribution >= 0.6 is 0 Å². The van der Waals surface area contributed by atoms with Crippen molar-refractivity contribution < 1.29 is 18.7 Å². The summed E-state index contributed by atoms with van der Waals surface area (Å²) in [5, 5.41) is 7.49. The van der Waals surface area contributed by atoms with Crippen LogP contribution in [0.2, 0.25) is 0 Å². The summed E-state index contributed by atoms with van der Waals surface area (Å²) in [5.74, 6) is -0.875. The fourth-order valence-corrected chi connectivity index (χ4v) is 4.04. The fraction of sp³-hybridized carbons (Fsp3) is 0.500. The highest BCUT2D eigenvalue weighted by Gasteiger charge is 2.42. The summed E-state index contributed by atoms with van der Waals surface area (Å²) in [7, 11) is 0. The van der Waals surface area contributed by atoms with Crippen LogP contribution in [-0.4, -0.2) is 33.8 Å². The van der Waals surface area contributed by atoms with E-state index in [4.69, 9.17) is 4.74 Å². The van der Waals surface area contributed by atoms with Crippen LogP contribution in [0.4, 0.5) is 4.39 Å². The Labute approximate surface area is 170 Å². The van der Waals surface area contributed by atoms with Gasteiger partial charge in [0.05, 0.1) is 24.4 Å². The zero-order chi connectivity index (χ0) is 21.0. The second kappa shape index (κ2) is 8.76. The lowest BCUT2D eigenvalue weighted by molar-refractivity contribution is -0.155. The van der Waals surface area contributed by atoms with Gasteiger partial charge in [0.15, 0.2) is 0 Å². The predicted molar refractivity (Wildman–Crippen MR) is 107 cm³/mol. The Morgan fingerprint density at radius 1 is 1.17 bits per heavy atom. The molecule has 156 valence electrons. The van der Waals surface area contributed by atoms with Crippen LogP contribution in [0.15, 0.2) is 24.3 Å². The Morgan fingerprint density at radius 2 is 1.83 bits per heavy atom. The van der Waals surface area contributed by atoms with E-state index in [1.54, 1.807) is 23.7 Å². The number of hydrogen-bond acceptors (Lipinski definition) is 4. The van der Waals surface area contributed by atoms with Gasteiger partial charge in [-0.25, -0.2) is 13.9 Å². The average Bonchev–Trinajstić information content (AvgIpc) is 2.97. The van der Waals surface area contributed by atoms with Gasteiger partial charge in [0, 0.05) is 11.3 Å². The second-order valence-corrected chi connectivity index (χ2v) is 7.63. The molecule has 1 aromatic heterocycles. The van der Waals surface area contributed by atoms with Crippen LogP contribution in [0, 0.1) is 19.7 Å². The lowest BCUT2D eigenvalue weighted by Gasteiger charge is -2.35. The Hall–Kier alpha value is -2.70. The molecule has 0 aliphatic heterocycles. The zero-order valence-corrected chi connectivity index (χ0v) is 17.3. The third kappa shape index (κ3) is 4.49. The van der Waals surface area contributed by atoms with Crippen molar-refractivity contribution in [2.45, 2.75) is 64.8 Å². The number of rotatable bonds is 6. The normalized spacial score (nSPS) is 15.7. The molecule has 1 saturated carbocycles. The smallest absolute Gasteiger partial charge is 0.331 e. The number of nitrogens with zero attached hydrogens (tertiary/aromatic N) is 2. The average molecular weight is 401 g/mol. The minimum atomic E-state index is -0.930. The molecule has 0 unspecified atom stereocenters. The molecule has 7 heteroatoms. The first-order chi connectivity index (χ1) is 13.9. The van der Waals surface area contributed by atoms with Gasteiger partial charge in [-0.15, -0.1) is 0 Å². The molecule has 1 fully saturated rings. The van der Waals surface area contributed by atoms with Gasteiger partial charge in [0.2, 0.25) is 5.91 Å². The van der Waals surface area contributed by atoms with E-state index in [1.165, 1.54) is 12.1 Å². The number of ether oxygens (including phenoxy) is 1. The quantitative estimate of drug-likeness (QED) is 0.752. The van der Waals surface area contributed by atoms with Gasteiger partial charge >= 0.3 is 5.97 Å². The molecule has 3 rings (SSSR count). The van der Waals surface area contributed by atoms with Gasteiger partial charge in [-0.05, 0) is 57.9 Å². The van der Waals surface area contributed by atoms with E-state index in [9.17, 15) is 14.0 Å². The first-order valence-electron chi connectivity index (χ1n) is 10.2. The molecule has 1 aromatic carbocycles. The minimum Gasteiger partial charge on any atom is -0.464 e. The zero-order valence-electron chi connectivity index (χ0n) is 17.3. The molecule has 6 nitrogen and oxygen atoms in total. The summed E-state index contributed by atoms with van der Waals surface area (Å²) in [4.78, 5) is 25.5. The molecule has 29 heavy (non-hydrogen) atoms. The molecule has 2 aromatic rings. The van der Waals surface area contributed by atoms with Crippen LogP contribution in [0.1, 0.15) is 56.0 Å². The van der Waals surface area contributed by atoms with Crippen molar-refractivity contribution in [3.05, 3.63) is 47.0 Å². The Bertz CT molecular complexity index is 883. The highest BCUT2D eigenvalue weighted by molar-refractivity contribution is 5.89. The number of hydrogen-bond donors (Lipinski definition) is 1. The lowest BCUT2D eigenvalue weighted by Crippen LogP contribution is -2.56. The van der Waals surface area contributed by atoms with Crippen LogP contribution in [0.5, 0.6) is 0 Å². The molecular formula is C22H28FN3O3. The second-order valence-electron chi connectivity index (χ2n) is 7.63. The summed E-state index contributed by atoms with van der Waals surface area (Å²) in [6, 6.07) is 6.06. The Morgan fingerprint density at radius 3 is 2.45 bits per heavy atom. The number of benzene rings is 1. The number of carbonyl (C=O) groups excluding carboxylic acids is 2.